The molecule has 36 heavy (non-hydrogen) atoms. The van der Waals surface area contributed by atoms with Gasteiger partial charge >= 0.3 is 23.9 Å². The second kappa shape index (κ2) is 16.3. The lowest BCUT2D eigenvalue weighted by molar-refractivity contribution is -0.141. The Balaban J connectivity index is 0.000000681. The van der Waals surface area contributed by atoms with Crippen molar-refractivity contribution in [1.82, 2.24) is 19.6 Å². The molecule has 1 aliphatic rings. The van der Waals surface area contributed by atoms with E-state index in [0.29, 0.717) is 52.4 Å². The van der Waals surface area contributed by atoms with E-state index in [1.165, 1.54) is 0 Å². The second-order valence-corrected chi connectivity index (χ2v) is 8.35. The Hall–Kier alpha value is -3.46. The molecule has 0 aliphatic carbocycles. The van der Waals surface area contributed by atoms with Crippen molar-refractivity contribution >= 4 is 35.3 Å². The number of anilines is 2. The van der Waals surface area contributed by atoms with E-state index in [-0.39, 0.29) is 26.2 Å². The number of carboxylic acids is 4. The minimum atomic E-state index is -1.02. The molecule has 14 nitrogen and oxygen atoms in total. The topological polar surface area (TPSA) is 214 Å². The van der Waals surface area contributed by atoms with Crippen LogP contribution in [0.15, 0.2) is 24.3 Å². The fourth-order valence-electron chi connectivity index (χ4n) is 3.47. The van der Waals surface area contributed by atoms with Gasteiger partial charge in [-0.15, -0.1) is 0 Å². The monoisotopic (exact) mass is 512 g/mol. The number of aliphatic carboxylic acids is 4. The maximum Gasteiger partial charge on any atom is 0.317 e. The van der Waals surface area contributed by atoms with Crippen LogP contribution in [-0.2, 0) is 19.2 Å². The summed E-state index contributed by atoms with van der Waals surface area (Å²) in [6, 6.07) is 7.09. The van der Waals surface area contributed by atoms with Crippen molar-refractivity contribution in [2.45, 2.75) is 0 Å². The quantitative estimate of drug-likeness (QED) is 0.216. The summed E-state index contributed by atoms with van der Waals surface area (Å²) in [5.74, 6) is -4.08. The first-order valence-electron chi connectivity index (χ1n) is 11.3. The van der Waals surface area contributed by atoms with Crippen LogP contribution in [0.3, 0.4) is 0 Å². The van der Waals surface area contributed by atoms with Gasteiger partial charge in [0.2, 0.25) is 0 Å². The Kier molecular flexibility index (Phi) is 13.8. The highest BCUT2D eigenvalue weighted by Crippen LogP contribution is 2.05. The molecule has 1 fully saturated rings. The predicted molar refractivity (Wildman–Crippen MR) is 132 cm³/mol. The molecule has 2 rings (SSSR count). The molecule has 0 spiro atoms. The summed E-state index contributed by atoms with van der Waals surface area (Å²) in [5, 5.41) is 36.3. The Morgan fingerprint density at radius 1 is 0.500 bits per heavy atom. The standard InChI is InChI=1S/C16H28N4O8.C6H8N2/c21-13(22)9-17-1-2-18(10-14(23)24)5-6-20(12-16(27)28)8-7-19(4-3-17)11-15(25)26;7-5-1-2-6(8)4-3-5/h1-12H2,(H,21,22)(H,23,24)(H,25,26)(H,27,28);1-4H,7-8H2. The van der Waals surface area contributed by atoms with Gasteiger partial charge in [-0.25, -0.2) is 0 Å². The molecule has 0 unspecified atom stereocenters. The summed E-state index contributed by atoms with van der Waals surface area (Å²) in [7, 11) is 0. The number of nitrogen functional groups attached to an aromatic ring is 2. The van der Waals surface area contributed by atoms with Crippen molar-refractivity contribution in [2.24, 2.45) is 0 Å². The third kappa shape index (κ3) is 14.7. The largest absolute Gasteiger partial charge is 0.480 e. The number of nitrogens with two attached hydrogens (primary N) is 2. The summed E-state index contributed by atoms with van der Waals surface area (Å²) < 4.78 is 0. The summed E-state index contributed by atoms with van der Waals surface area (Å²) in [6.45, 7) is 1.52. The smallest absolute Gasteiger partial charge is 0.317 e. The van der Waals surface area contributed by atoms with E-state index in [9.17, 15) is 19.2 Å². The van der Waals surface area contributed by atoms with Gasteiger partial charge in [0.05, 0.1) is 26.2 Å². The molecule has 1 heterocycles. The maximum atomic E-state index is 11.1. The van der Waals surface area contributed by atoms with Crippen molar-refractivity contribution in [2.75, 3.05) is 90.0 Å². The second-order valence-electron chi connectivity index (χ2n) is 8.35. The van der Waals surface area contributed by atoms with Crippen molar-refractivity contribution in [3.63, 3.8) is 0 Å². The first kappa shape index (κ1) is 30.6. The molecular weight excluding hydrogens is 476 g/mol. The maximum absolute atomic E-state index is 11.1. The third-order valence-corrected chi connectivity index (χ3v) is 5.30. The molecule has 0 aromatic heterocycles. The SMILES string of the molecule is Nc1ccc(N)cc1.O=C(O)CN1CCN(CC(=O)O)CCN(CC(=O)O)CCN(CC(=O)O)CC1. The Morgan fingerprint density at radius 2 is 0.667 bits per heavy atom. The molecule has 1 aromatic rings. The summed E-state index contributed by atoms with van der Waals surface area (Å²) in [4.78, 5) is 50.9. The number of benzene rings is 1. The zero-order chi connectivity index (χ0) is 27.1. The van der Waals surface area contributed by atoms with E-state index >= 15 is 0 Å². The van der Waals surface area contributed by atoms with Crippen LogP contribution >= 0.6 is 0 Å². The number of hydrogen-bond donors (Lipinski definition) is 6. The van der Waals surface area contributed by atoms with Crippen LogP contribution in [0.25, 0.3) is 0 Å². The fourth-order valence-corrected chi connectivity index (χ4v) is 3.47. The van der Waals surface area contributed by atoms with Crippen molar-refractivity contribution in [1.29, 1.82) is 0 Å². The van der Waals surface area contributed by atoms with Gasteiger partial charge in [0, 0.05) is 63.7 Å². The number of carboxylic acid groups (broad SMARTS) is 4. The Bertz CT molecular complexity index is 720. The number of carbonyl (C=O) groups is 4. The highest BCUT2D eigenvalue weighted by Gasteiger charge is 2.20. The molecule has 0 bridgehead atoms. The lowest BCUT2D eigenvalue weighted by atomic mass is 10.3. The molecule has 0 saturated carbocycles. The molecule has 14 heteroatoms. The van der Waals surface area contributed by atoms with Crippen LogP contribution < -0.4 is 11.5 Å². The van der Waals surface area contributed by atoms with Crippen LogP contribution in [0.5, 0.6) is 0 Å². The van der Waals surface area contributed by atoms with Crippen molar-refractivity contribution < 1.29 is 39.6 Å². The van der Waals surface area contributed by atoms with Crippen molar-refractivity contribution in [3.8, 4) is 0 Å². The highest BCUT2D eigenvalue weighted by atomic mass is 16.4. The molecule has 0 amide bonds. The molecule has 0 atom stereocenters. The number of rotatable bonds is 8. The van der Waals surface area contributed by atoms with E-state index in [2.05, 4.69) is 0 Å². The zero-order valence-corrected chi connectivity index (χ0v) is 20.2. The Morgan fingerprint density at radius 3 is 0.806 bits per heavy atom. The average molecular weight is 513 g/mol. The van der Waals surface area contributed by atoms with Gasteiger partial charge in [0.25, 0.3) is 0 Å². The lowest BCUT2D eigenvalue weighted by Crippen LogP contribution is -2.49. The lowest BCUT2D eigenvalue weighted by Gasteiger charge is -2.32. The van der Waals surface area contributed by atoms with Gasteiger partial charge in [-0.3, -0.25) is 38.8 Å². The molecule has 8 N–H and O–H groups in total. The highest BCUT2D eigenvalue weighted by molar-refractivity contribution is 5.70. The van der Waals surface area contributed by atoms with Gasteiger partial charge in [-0.1, -0.05) is 0 Å². The minimum absolute atomic E-state index is 0.229. The number of nitrogens with zero attached hydrogens (tertiary/aromatic N) is 4. The van der Waals surface area contributed by atoms with Gasteiger partial charge in [0.1, 0.15) is 0 Å². The molecule has 202 valence electrons. The minimum Gasteiger partial charge on any atom is -0.480 e. The van der Waals surface area contributed by atoms with Gasteiger partial charge in [-0.05, 0) is 24.3 Å². The molecule has 1 saturated heterocycles. The van der Waals surface area contributed by atoms with Crippen LogP contribution in [0, 0.1) is 0 Å². The van der Waals surface area contributed by atoms with Crippen LogP contribution in [0.4, 0.5) is 11.4 Å². The normalized spacial score (nSPS) is 17.1. The molecule has 1 aromatic carbocycles. The first-order chi connectivity index (χ1) is 16.9. The van der Waals surface area contributed by atoms with Gasteiger partial charge in [-0.2, -0.15) is 0 Å². The predicted octanol–water partition coefficient (Wildman–Crippen LogP) is -1.60. The van der Waals surface area contributed by atoms with E-state index in [0.717, 1.165) is 11.4 Å². The third-order valence-electron chi connectivity index (χ3n) is 5.30. The summed E-state index contributed by atoms with van der Waals surface area (Å²) in [6.07, 6.45) is 0. The van der Waals surface area contributed by atoms with Crippen LogP contribution in [0.1, 0.15) is 0 Å². The van der Waals surface area contributed by atoms with E-state index < -0.39 is 23.9 Å². The van der Waals surface area contributed by atoms with Gasteiger partial charge < -0.3 is 31.9 Å². The molecule has 1 aliphatic heterocycles. The van der Waals surface area contributed by atoms with Gasteiger partial charge in [0.15, 0.2) is 0 Å². The summed E-state index contributed by atoms with van der Waals surface area (Å²) >= 11 is 0. The number of hydrogen-bond acceptors (Lipinski definition) is 10. The molecular formula is C22H36N6O8. The zero-order valence-electron chi connectivity index (χ0n) is 20.2. The average Bonchev–Trinajstić information content (AvgIpc) is 2.76. The van der Waals surface area contributed by atoms with Crippen LogP contribution in [0.2, 0.25) is 0 Å². The van der Waals surface area contributed by atoms with E-state index in [1.807, 2.05) is 0 Å². The van der Waals surface area contributed by atoms with Crippen molar-refractivity contribution in [3.05, 3.63) is 24.3 Å². The fraction of sp³-hybridized carbons (Fsp3) is 0.545. The first-order valence-corrected chi connectivity index (χ1v) is 11.3. The van der Waals surface area contributed by atoms with E-state index in [1.54, 1.807) is 43.9 Å². The van der Waals surface area contributed by atoms with E-state index in [4.69, 9.17) is 31.9 Å². The molecule has 0 radical (unpaired) electrons. The Labute approximate surface area is 209 Å². The summed E-state index contributed by atoms with van der Waals surface area (Å²) in [5.41, 5.74) is 12.2. The van der Waals surface area contributed by atoms with Crippen LogP contribution in [-0.4, -0.2) is 142 Å².